The van der Waals surface area contributed by atoms with E-state index in [9.17, 15) is 4.79 Å². The monoisotopic (exact) mass is 383 g/mol. The number of thiophene rings is 1. The number of fused-ring (bicyclic) bond motifs is 1. The lowest BCUT2D eigenvalue weighted by Crippen LogP contribution is -2.10. The van der Waals surface area contributed by atoms with Crippen molar-refractivity contribution in [3.8, 4) is 11.3 Å². The van der Waals surface area contributed by atoms with Gasteiger partial charge in [0.25, 0.3) is 5.91 Å². The van der Waals surface area contributed by atoms with Crippen molar-refractivity contribution in [2.45, 2.75) is 6.61 Å². The largest absolute Gasteiger partial charge is 0.459 e. The highest BCUT2D eigenvalue weighted by Crippen LogP contribution is 2.35. The third-order valence-electron chi connectivity index (χ3n) is 3.99. The molecule has 6 heteroatoms. The number of furan rings is 1. The number of carbonyl (C=O) groups excluding carboxylic acids is 1. The Labute approximate surface area is 158 Å². The SMILES string of the molecule is O=C(Nc1ccc(-c2ccc(CO)o2)cc1)c1sc2ccccc2c1Cl. The van der Waals surface area contributed by atoms with E-state index in [1.165, 1.54) is 11.3 Å². The van der Waals surface area contributed by atoms with Crippen LogP contribution in [0.2, 0.25) is 5.02 Å². The van der Waals surface area contributed by atoms with Gasteiger partial charge in [0, 0.05) is 21.3 Å². The normalized spacial score (nSPS) is 11.0. The fourth-order valence-corrected chi connectivity index (χ4v) is 4.10. The van der Waals surface area contributed by atoms with Crippen molar-refractivity contribution in [1.29, 1.82) is 0 Å². The number of anilines is 1. The summed E-state index contributed by atoms with van der Waals surface area (Å²) in [5.74, 6) is 0.945. The minimum atomic E-state index is -0.232. The Morgan fingerprint density at radius 3 is 2.54 bits per heavy atom. The van der Waals surface area contributed by atoms with E-state index in [0.29, 0.717) is 27.1 Å². The second-order valence-corrected chi connectivity index (χ2v) is 7.13. The minimum absolute atomic E-state index is 0.135. The summed E-state index contributed by atoms with van der Waals surface area (Å²) in [6.45, 7) is -0.135. The zero-order valence-electron chi connectivity index (χ0n) is 13.5. The Balaban J connectivity index is 1.54. The highest BCUT2D eigenvalue weighted by atomic mass is 35.5. The summed E-state index contributed by atoms with van der Waals surface area (Å²) in [6, 6.07) is 18.5. The number of amides is 1. The number of aliphatic hydroxyl groups is 1. The lowest BCUT2D eigenvalue weighted by atomic mass is 10.1. The van der Waals surface area contributed by atoms with Gasteiger partial charge in [0.1, 0.15) is 23.0 Å². The molecule has 0 unspecified atom stereocenters. The van der Waals surface area contributed by atoms with Crippen LogP contribution in [0.1, 0.15) is 15.4 Å². The number of rotatable bonds is 4. The van der Waals surface area contributed by atoms with Crippen LogP contribution in [-0.4, -0.2) is 11.0 Å². The zero-order valence-corrected chi connectivity index (χ0v) is 15.1. The van der Waals surface area contributed by atoms with Gasteiger partial charge in [-0.25, -0.2) is 0 Å². The van der Waals surface area contributed by atoms with Gasteiger partial charge in [0.2, 0.25) is 0 Å². The van der Waals surface area contributed by atoms with E-state index in [2.05, 4.69) is 5.32 Å². The highest BCUT2D eigenvalue weighted by Gasteiger charge is 2.17. The lowest BCUT2D eigenvalue weighted by Gasteiger charge is -2.05. The molecule has 0 radical (unpaired) electrons. The molecule has 2 N–H and O–H groups in total. The summed E-state index contributed by atoms with van der Waals surface area (Å²) < 4.78 is 6.49. The number of benzene rings is 2. The first-order valence-corrected chi connectivity index (χ1v) is 9.13. The maximum absolute atomic E-state index is 12.6. The van der Waals surface area contributed by atoms with Crippen molar-refractivity contribution in [2.24, 2.45) is 0 Å². The van der Waals surface area contributed by atoms with Gasteiger partial charge >= 0.3 is 0 Å². The predicted octanol–water partition coefficient (Wildman–Crippen LogP) is 5.56. The molecule has 4 rings (SSSR count). The van der Waals surface area contributed by atoms with Crippen LogP contribution in [0, 0.1) is 0 Å². The fraction of sp³-hybridized carbons (Fsp3) is 0.0500. The van der Waals surface area contributed by atoms with Gasteiger partial charge in [-0.05, 0) is 42.5 Å². The predicted molar refractivity (Wildman–Crippen MR) is 105 cm³/mol. The average molecular weight is 384 g/mol. The quantitative estimate of drug-likeness (QED) is 0.485. The Kier molecular flexibility index (Phi) is 4.51. The Morgan fingerprint density at radius 2 is 1.85 bits per heavy atom. The van der Waals surface area contributed by atoms with Crippen molar-refractivity contribution in [3.05, 3.63) is 76.3 Å². The Morgan fingerprint density at radius 1 is 1.08 bits per heavy atom. The highest BCUT2D eigenvalue weighted by molar-refractivity contribution is 7.21. The van der Waals surface area contributed by atoms with Crippen LogP contribution >= 0.6 is 22.9 Å². The van der Waals surface area contributed by atoms with Crippen LogP contribution in [0.15, 0.2) is 65.1 Å². The second kappa shape index (κ2) is 6.96. The number of hydrogen-bond acceptors (Lipinski definition) is 4. The van der Waals surface area contributed by atoms with Crippen LogP contribution in [0.25, 0.3) is 21.4 Å². The van der Waals surface area contributed by atoms with E-state index in [0.717, 1.165) is 15.6 Å². The first kappa shape index (κ1) is 16.8. The molecule has 0 spiro atoms. The second-order valence-electron chi connectivity index (χ2n) is 5.70. The molecule has 26 heavy (non-hydrogen) atoms. The van der Waals surface area contributed by atoms with Crippen molar-refractivity contribution in [2.75, 3.05) is 5.32 Å². The van der Waals surface area contributed by atoms with E-state index >= 15 is 0 Å². The molecule has 0 saturated carbocycles. The maximum Gasteiger partial charge on any atom is 0.267 e. The molecule has 2 aromatic heterocycles. The maximum atomic E-state index is 12.6. The average Bonchev–Trinajstić information content (AvgIpc) is 3.28. The molecule has 0 aliphatic rings. The van der Waals surface area contributed by atoms with Crippen molar-refractivity contribution >= 4 is 44.6 Å². The fourth-order valence-electron chi connectivity index (χ4n) is 2.68. The molecular formula is C20H14ClNO3S. The first-order chi connectivity index (χ1) is 12.7. The topological polar surface area (TPSA) is 62.5 Å². The Hall–Kier alpha value is -2.60. The van der Waals surface area contributed by atoms with Crippen LogP contribution in [0.3, 0.4) is 0 Å². The Bertz CT molecular complexity index is 1080. The van der Waals surface area contributed by atoms with E-state index in [-0.39, 0.29) is 12.5 Å². The first-order valence-electron chi connectivity index (χ1n) is 7.94. The zero-order chi connectivity index (χ0) is 18.1. The third-order valence-corrected chi connectivity index (χ3v) is 5.66. The van der Waals surface area contributed by atoms with Crippen molar-refractivity contribution < 1.29 is 14.3 Å². The molecule has 130 valence electrons. The van der Waals surface area contributed by atoms with Gasteiger partial charge in [0.15, 0.2) is 0 Å². The molecule has 4 aromatic rings. The number of halogens is 1. The molecular weight excluding hydrogens is 370 g/mol. The summed E-state index contributed by atoms with van der Waals surface area (Å²) >= 11 is 7.73. The van der Waals surface area contributed by atoms with Crippen molar-refractivity contribution in [3.63, 3.8) is 0 Å². The van der Waals surface area contributed by atoms with Gasteiger partial charge in [-0.15, -0.1) is 11.3 Å². The van der Waals surface area contributed by atoms with Crippen LogP contribution < -0.4 is 5.32 Å². The number of hydrogen-bond donors (Lipinski definition) is 2. The summed E-state index contributed by atoms with van der Waals surface area (Å²) in [5.41, 5.74) is 1.53. The minimum Gasteiger partial charge on any atom is -0.459 e. The van der Waals surface area contributed by atoms with E-state index in [1.54, 1.807) is 24.3 Å². The van der Waals surface area contributed by atoms with E-state index in [4.69, 9.17) is 21.1 Å². The summed E-state index contributed by atoms with van der Waals surface area (Å²) in [7, 11) is 0. The van der Waals surface area contributed by atoms with E-state index in [1.807, 2.05) is 36.4 Å². The van der Waals surface area contributed by atoms with Gasteiger partial charge < -0.3 is 14.8 Å². The van der Waals surface area contributed by atoms with Gasteiger partial charge in [-0.1, -0.05) is 29.8 Å². The third kappa shape index (κ3) is 3.12. The van der Waals surface area contributed by atoms with Gasteiger partial charge in [-0.2, -0.15) is 0 Å². The van der Waals surface area contributed by atoms with E-state index < -0.39 is 0 Å². The molecule has 0 saturated heterocycles. The van der Waals surface area contributed by atoms with Crippen LogP contribution in [-0.2, 0) is 6.61 Å². The molecule has 0 aliphatic carbocycles. The summed E-state index contributed by atoms with van der Waals surface area (Å²) in [4.78, 5) is 13.1. The van der Waals surface area contributed by atoms with Crippen LogP contribution in [0.4, 0.5) is 5.69 Å². The molecule has 0 bridgehead atoms. The number of carbonyl (C=O) groups is 1. The summed E-state index contributed by atoms with van der Waals surface area (Å²) in [6.07, 6.45) is 0. The smallest absolute Gasteiger partial charge is 0.267 e. The lowest BCUT2D eigenvalue weighted by molar-refractivity contribution is 0.103. The standard InChI is InChI=1S/C20H14ClNO3S/c21-18-15-3-1-2-4-17(15)26-19(18)20(24)22-13-7-5-12(6-8-13)16-10-9-14(11-23)25-16/h1-10,23H,11H2,(H,22,24). The molecule has 0 fully saturated rings. The number of aliphatic hydroxyl groups excluding tert-OH is 1. The van der Waals surface area contributed by atoms with Gasteiger partial charge in [-0.3, -0.25) is 4.79 Å². The molecule has 0 aliphatic heterocycles. The van der Waals surface area contributed by atoms with Crippen molar-refractivity contribution in [1.82, 2.24) is 0 Å². The molecule has 4 nitrogen and oxygen atoms in total. The molecule has 1 amide bonds. The molecule has 0 atom stereocenters. The molecule has 2 heterocycles. The number of nitrogens with one attached hydrogen (secondary N) is 1. The summed E-state index contributed by atoms with van der Waals surface area (Å²) in [5, 5.41) is 13.3. The van der Waals surface area contributed by atoms with Gasteiger partial charge in [0.05, 0.1) is 5.02 Å². The van der Waals surface area contributed by atoms with Crippen LogP contribution in [0.5, 0.6) is 0 Å². The molecule has 2 aromatic carbocycles.